The number of urea groups is 1. The molecule has 34 heavy (non-hydrogen) atoms. The zero-order valence-electron chi connectivity index (χ0n) is 19.6. The predicted molar refractivity (Wildman–Crippen MR) is 124 cm³/mol. The zero-order chi connectivity index (χ0) is 25.8. The molecule has 0 saturated carbocycles. The lowest BCUT2D eigenvalue weighted by molar-refractivity contribution is -0.146. The Labute approximate surface area is 199 Å². The van der Waals surface area contributed by atoms with E-state index in [1.54, 1.807) is 0 Å². The number of amides is 3. The van der Waals surface area contributed by atoms with Gasteiger partial charge in [-0.1, -0.05) is 38.0 Å². The third-order valence-corrected chi connectivity index (χ3v) is 4.16. The van der Waals surface area contributed by atoms with Gasteiger partial charge in [-0.2, -0.15) is 0 Å². The van der Waals surface area contributed by atoms with Gasteiger partial charge in [-0.3, -0.25) is 9.59 Å². The van der Waals surface area contributed by atoms with E-state index in [0.717, 1.165) is 0 Å². The van der Waals surface area contributed by atoms with Crippen LogP contribution in [0.3, 0.4) is 0 Å². The number of ether oxygens (including phenoxy) is 3. The number of nitrogens with one attached hydrogen (secondary N) is 3. The van der Waals surface area contributed by atoms with E-state index in [1.165, 1.54) is 25.2 Å². The minimum Gasteiger partial charge on any atom is -0.461 e. The molecule has 0 aromatic carbocycles. The lowest BCUT2D eigenvalue weighted by Crippen LogP contribution is -2.52. The molecule has 3 N–H and O–H groups in total. The van der Waals surface area contributed by atoms with Crippen LogP contribution in [-0.2, 0) is 33.4 Å². The molecule has 0 spiro atoms. The maximum Gasteiger partial charge on any atom is 0.329 e. The van der Waals surface area contributed by atoms with Gasteiger partial charge in [0, 0.05) is 19.9 Å². The second-order valence-corrected chi connectivity index (χ2v) is 7.05. The predicted octanol–water partition coefficient (Wildman–Crippen LogP) is 1.30. The number of carbonyl (C=O) groups is 5. The lowest BCUT2D eigenvalue weighted by Gasteiger charge is -2.21. The first-order valence-electron chi connectivity index (χ1n) is 10.9. The Morgan fingerprint density at radius 1 is 0.765 bits per heavy atom. The summed E-state index contributed by atoms with van der Waals surface area (Å²) in [4.78, 5) is 59.9. The number of carbonyl (C=O) groups excluding carboxylic acids is 5. The van der Waals surface area contributed by atoms with Gasteiger partial charge in [-0.05, 0) is 25.7 Å². The van der Waals surface area contributed by atoms with E-state index in [1.807, 2.05) is 0 Å². The van der Waals surface area contributed by atoms with Gasteiger partial charge in [0.25, 0.3) is 0 Å². The van der Waals surface area contributed by atoms with Crippen LogP contribution in [0, 0.1) is 0 Å². The summed E-state index contributed by atoms with van der Waals surface area (Å²) in [5.41, 5.74) is 0. The van der Waals surface area contributed by atoms with Gasteiger partial charge in [-0.25, -0.2) is 14.4 Å². The maximum absolute atomic E-state index is 12.6. The summed E-state index contributed by atoms with van der Waals surface area (Å²) in [6.45, 7) is 12.1. The molecule has 11 heteroatoms. The first-order valence-corrected chi connectivity index (χ1v) is 10.9. The summed E-state index contributed by atoms with van der Waals surface area (Å²) < 4.78 is 14.9. The summed E-state index contributed by atoms with van der Waals surface area (Å²) in [5, 5.41) is 7.55. The van der Waals surface area contributed by atoms with E-state index < -0.39 is 36.0 Å². The van der Waals surface area contributed by atoms with Crippen molar-refractivity contribution in [2.45, 2.75) is 51.1 Å². The Kier molecular flexibility index (Phi) is 16.9. The van der Waals surface area contributed by atoms with Gasteiger partial charge in [0.15, 0.2) is 0 Å². The van der Waals surface area contributed by atoms with Gasteiger partial charge >= 0.3 is 23.9 Å². The number of hydrogen-bond donors (Lipinski definition) is 3. The van der Waals surface area contributed by atoms with Crippen LogP contribution in [0.25, 0.3) is 0 Å². The highest BCUT2D eigenvalue weighted by Crippen LogP contribution is 2.06. The molecule has 0 aromatic heterocycles. The smallest absolute Gasteiger partial charge is 0.329 e. The molecular weight excluding hydrogens is 446 g/mol. The van der Waals surface area contributed by atoms with Crippen LogP contribution in [-0.4, -0.2) is 68.3 Å². The van der Waals surface area contributed by atoms with Crippen LogP contribution < -0.4 is 16.0 Å². The Bertz CT molecular complexity index is 723. The molecule has 0 aliphatic heterocycles. The van der Waals surface area contributed by atoms with Crippen molar-refractivity contribution in [3.05, 3.63) is 38.0 Å². The van der Waals surface area contributed by atoms with Crippen LogP contribution >= 0.6 is 0 Å². The molecule has 0 radical (unpaired) electrons. The van der Waals surface area contributed by atoms with Crippen molar-refractivity contribution in [3.8, 4) is 0 Å². The minimum absolute atomic E-state index is 0.0226. The lowest BCUT2D eigenvalue weighted by atomic mass is 10.1. The molecule has 0 fully saturated rings. The molecule has 0 saturated heterocycles. The molecule has 2 atom stereocenters. The quantitative estimate of drug-likeness (QED) is 0.115. The van der Waals surface area contributed by atoms with Gasteiger partial charge in [0.1, 0.15) is 31.9 Å². The Balaban J connectivity index is 5.06. The van der Waals surface area contributed by atoms with E-state index in [2.05, 4.69) is 35.7 Å². The fraction of sp³-hybridized carbons (Fsp3) is 0.522. The van der Waals surface area contributed by atoms with Crippen molar-refractivity contribution in [2.24, 2.45) is 0 Å². The van der Waals surface area contributed by atoms with Crippen LogP contribution in [0.15, 0.2) is 38.0 Å². The Morgan fingerprint density at radius 3 is 1.76 bits per heavy atom. The standard InChI is InChI=1S/C23H35N3O8/c1-5-14-32-20(28)12-11-19(22(30)34-16-7-3)26-23(31)25-18(21(29)33-15-6-2)10-8-9-13-24-17(4)27/h5-7,18-19H,1-3,8-16H2,4H3,(H,24,27)(H2,25,26,31)/t18-,19-/m0/s1. The highest BCUT2D eigenvalue weighted by Gasteiger charge is 2.27. The average Bonchev–Trinajstić information content (AvgIpc) is 2.80. The molecular formula is C23H35N3O8. The van der Waals surface area contributed by atoms with Crippen LogP contribution in [0.5, 0.6) is 0 Å². The third-order valence-electron chi connectivity index (χ3n) is 4.16. The van der Waals surface area contributed by atoms with Crippen molar-refractivity contribution in [1.82, 2.24) is 16.0 Å². The summed E-state index contributed by atoms with van der Waals surface area (Å²) in [5.74, 6) is -2.18. The van der Waals surface area contributed by atoms with Gasteiger partial charge in [0.05, 0.1) is 0 Å². The fourth-order valence-electron chi connectivity index (χ4n) is 2.56. The molecule has 0 heterocycles. The highest BCUT2D eigenvalue weighted by atomic mass is 16.5. The van der Waals surface area contributed by atoms with Crippen LogP contribution in [0.4, 0.5) is 4.79 Å². The molecule has 190 valence electrons. The van der Waals surface area contributed by atoms with Crippen LogP contribution in [0.2, 0.25) is 0 Å². The monoisotopic (exact) mass is 481 g/mol. The number of rotatable bonds is 18. The van der Waals surface area contributed by atoms with Crippen molar-refractivity contribution in [1.29, 1.82) is 0 Å². The maximum atomic E-state index is 12.6. The molecule has 0 aromatic rings. The van der Waals surface area contributed by atoms with Gasteiger partial charge in [0.2, 0.25) is 5.91 Å². The average molecular weight is 482 g/mol. The molecule has 0 rings (SSSR count). The molecule has 0 aliphatic rings. The number of unbranched alkanes of at least 4 members (excludes halogenated alkanes) is 1. The minimum atomic E-state index is -1.17. The van der Waals surface area contributed by atoms with Crippen molar-refractivity contribution in [3.63, 3.8) is 0 Å². The van der Waals surface area contributed by atoms with Crippen molar-refractivity contribution < 1.29 is 38.2 Å². The van der Waals surface area contributed by atoms with E-state index in [9.17, 15) is 24.0 Å². The molecule has 0 unspecified atom stereocenters. The van der Waals surface area contributed by atoms with Gasteiger partial charge < -0.3 is 30.2 Å². The van der Waals surface area contributed by atoms with Crippen LogP contribution in [0.1, 0.15) is 39.0 Å². The normalized spacial score (nSPS) is 11.7. The molecule has 3 amide bonds. The van der Waals surface area contributed by atoms with E-state index >= 15 is 0 Å². The number of hydrogen-bond acceptors (Lipinski definition) is 8. The fourth-order valence-corrected chi connectivity index (χ4v) is 2.56. The largest absolute Gasteiger partial charge is 0.461 e. The van der Waals surface area contributed by atoms with E-state index in [0.29, 0.717) is 19.4 Å². The summed E-state index contributed by atoms with van der Waals surface area (Å²) in [6, 6.07) is -2.98. The molecule has 0 bridgehead atoms. The summed E-state index contributed by atoms with van der Waals surface area (Å²) in [7, 11) is 0. The van der Waals surface area contributed by atoms with E-state index in [-0.39, 0.29) is 45.0 Å². The molecule has 0 aliphatic carbocycles. The third kappa shape index (κ3) is 15.2. The first-order chi connectivity index (χ1) is 16.2. The van der Waals surface area contributed by atoms with Gasteiger partial charge in [-0.15, -0.1) is 0 Å². The highest BCUT2D eigenvalue weighted by molar-refractivity contribution is 5.87. The Morgan fingerprint density at radius 2 is 1.26 bits per heavy atom. The van der Waals surface area contributed by atoms with Crippen molar-refractivity contribution >= 4 is 29.8 Å². The summed E-state index contributed by atoms with van der Waals surface area (Å²) in [6.07, 6.45) is 5.25. The zero-order valence-corrected chi connectivity index (χ0v) is 19.6. The first kappa shape index (κ1) is 30.4. The second-order valence-electron chi connectivity index (χ2n) is 7.05. The second kappa shape index (κ2) is 18.9. The molecule has 11 nitrogen and oxygen atoms in total. The van der Waals surface area contributed by atoms with E-state index in [4.69, 9.17) is 14.2 Å². The Hall–Kier alpha value is -3.63. The number of esters is 3. The topological polar surface area (TPSA) is 149 Å². The van der Waals surface area contributed by atoms with Crippen molar-refractivity contribution in [2.75, 3.05) is 26.4 Å². The SMILES string of the molecule is C=CCOC(=O)CC[C@H](NC(=O)N[C@@H](CCCCNC(C)=O)C(=O)OCC=C)C(=O)OCC=C. The summed E-state index contributed by atoms with van der Waals surface area (Å²) >= 11 is 0.